The second-order valence-corrected chi connectivity index (χ2v) is 6.55. The molecule has 1 aliphatic rings. The first-order valence-electron chi connectivity index (χ1n) is 7.34. The molecule has 1 aromatic carbocycles. The first-order chi connectivity index (χ1) is 9.49. The average molecular weight is 270 g/mol. The predicted octanol–water partition coefficient (Wildman–Crippen LogP) is 3.28. The van der Waals surface area contributed by atoms with Crippen LogP contribution in [-0.2, 0) is 10.2 Å². The lowest BCUT2D eigenvalue weighted by atomic mass is 9.82. The van der Waals surface area contributed by atoms with Gasteiger partial charge in [-0.2, -0.15) is 0 Å². The molecule has 3 rings (SSSR count). The van der Waals surface area contributed by atoms with Gasteiger partial charge in [0, 0.05) is 34.5 Å². The van der Waals surface area contributed by atoms with E-state index in [4.69, 9.17) is 0 Å². The summed E-state index contributed by atoms with van der Waals surface area (Å²) >= 11 is 0. The number of hydrogen-bond donors (Lipinski definition) is 2. The van der Waals surface area contributed by atoms with Crippen molar-refractivity contribution in [3.05, 3.63) is 35.5 Å². The number of amides is 1. The molecule has 106 valence electrons. The maximum Gasteiger partial charge on any atom is 0.223 e. The van der Waals surface area contributed by atoms with Crippen LogP contribution in [0.15, 0.2) is 24.3 Å². The number of carbonyl (C=O) groups is 1. The third-order valence-electron chi connectivity index (χ3n) is 4.22. The van der Waals surface area contributed by atoms with E-state index in [1.165, 1.54) is 22.2 Å². The van der Waals surface area contributed by atoms with Crippen molar-refractivity contribution in [3.63, 3.8) is 0 Å². The van der Waals surface area contributed by atoms with Crippen LogP contribution in [0.1, 0.15) is 37.9 Å². The molecule has 1 heterocycles. The second kappa shape index (κ2) is 4.65. The lowest BCUT2D eigenvalue weighted by Crippen LogP contribution is -2.37. The Morgan fingerprint density at radius 3 is 2.75 bits per heavy atom. The fraction of sp³-hybridized carbons (Fsp3) is 0.471. The van der Waals surface area contributed by atoms with Crippen molar-refractivity contribution in [2.45, 2.75) is 39.0 Å². The van der Waals surface area contributed by atoms with E-state index in [0.717, 1.165) is 12.8 Å². The molecule has 0 radical (unpaired) electrons. The number of rotatable bonds is 4. The van der Waals surface area contributed by atoms with E-state index in [1.54, 1.807) is 0 Å². The van der Waals surface area contributed by atoms with Crippen LogP contribution >= 0.6 is 0 Å². The Bertz CT molecular complexity index is 650. The van der Waals surface area contributed by atoms with E-state index in [-0.39, 0.29) is 17.2 Å². The number of fused-ring (bicyclic) bond motifs is 1. The topological polar surface area (TPSA) is 44.9 Å². The molecule has 0 saturated heterocycles. The zero-order chi connectivity index (χ0) is 14.3. The maximum absolute atomic E-state index is 11.9. The Labute approximate surface area is 119 Å². The monoisotopic (exact) mass is 270 g/mol. The number of aromatic nitrogens is 1. The molecule has 1 aliphatic carbocycles. The van der Waals surface area contributed by atoms with Gasteiger partial charge in [-0.15, -0.1) is 0 Å². The zero-order valence-corrected chi connectivity index (χ0v) is 12.4. The summed E-state index contributed by atoms with van der Waals surface area (Å²) in [5.74, 6) is 0.491. The highest BCUT2D eigenvalue weighted by atomic mass is 16.2. The van der Waals surface area contributed by atoms with Gasteiger partial charge in [-0.25, -0.2) is 0 Å². The van der Waals surface area contributed by atoms with Crippen molar-refractivity contribution in [2.75, 3.05) is 6.54 Å². The zero-order valence-electron chi connectivity index (χ0n) is 12.4. The van der Waals surface area contributed by atoms with Gasteiger partial charge in [0.2, 0.25) is 5.91 Å². The highest BCUT2D eigenvalue weighted by Gasteiger charge is 2.32. The number of aromatic amines is 1. The summed E-state index contributed by atoms with van der Waals surface area (Å²) in [5.41, 5.74) is 3.59. The summed E-state index contributed by atoms with van der Waals surface area (Å²) in [6.45, 7) is 7.19. The molecular weight excluding hydrogens is 248 g/mol. The average Bonchev–Trinajstić information content (AvgIpc) is 3.18. The molecule has 0 spiro atoms. The molecule has 0 bridgehead atoms. The summed E-state index contributed by atoms with van der Waals surface area (Å²) in [6, 6.07) is 8.37. The minimum Gasteiger partial charge on any atom is -0.358 e. The Kier molecular flexibility index (Phi) is 3.08. The van der Waals surface area contributed by atoms with E-state index in [0.29, 0.717) is 6.54 Å². The molecule has 1 saturated carbocycles. The standard InChI is InChI=1S/C17H22N2O/c1-11-15(13-6-4-5-7-14(13)19-11)17(2,3)10-18-16(20)12-8-9-12/h4-7,12,19H,8-10H2,1-3H3,(H,18,20). The van der Waals surface area contributed by atoms with Crippen LogP contribution in [0.3, 0.4) is 0 Å². The summed E-state index contributed by atoms with van der Waals surface area (Å²) in [5, 5.41) is 4.37. The van der Waals surface area contributed by atoms with Gasteiger partial charge in [-0.3, -0.25) is 4.79 Å². The second-order valence-electron chi connectivity index (χ2n) is 6.55. The highest BCUT2D eigenvalue weighted by Crippen LogP contribution is 2.34. The number of H-pyrrole nitrogens is 1. The molecule has 0 unspecified atom stereocenters. The van der Waals surface area contributed by atoms with Gasteiger partial charge in [0.25, 0.3) is 0 Å². The predicted molar refractivity (Wildman–Crippen MR) is 81.8 cm³/mol. The van der Waals surface area contributed by atoms with Gasteiger partial charge >= 0.3 is 0 Å². The summed E-state index contributed by atoms with van der Waals surface area (Å²) < 4.78 is 0. The van der Waals surface area contributed by atoms with Gasteiger partial charge in [-0.05, 0) is 31.4 Å². The number of para-hydroxylation sites is 1. The van der Waals surface area contributed by atoms with Crippen molar-refractivity contribution >= 4 is 16.8 Å². The number of nitrogens with one attached hydrogen (secondary N) is 2. The molecule has 1 amide bonds. The van der Waals surface area contributed by atoms with Gasteiger partial charge < -0.3 is 10.3 Å². The molecule has 3 heteroatoms. The van der Waals surface area contributed by atoms with E-state index in [2.05, 4.69) is 49.3 Å². The van der Waals surface area contributed by atoms with Gasteiger partial charge in [0.1, 0.15) is 0 Å². The number of aryl methyl sites for hydroxylation is 1. The van der Waals surface area contributed by atoms with Gasteiger partial charge in [-0.1, -0.05) is 32.0 Å². The summed E-state index contributed by atoms with van der Waals surface area (Å²) in [7, 11) is 0. The van der Waals surface area contributed by atoms with Crippen LogP contribution in [-0.4, -0.2) is 17.4 Å². The molecular formula is C17H22N2O. The lowest BCUT2D eigenvalue weighted by Gasteiger charge is -2.26. The van der Waals surface area contributed by atoms with Crippen molar-refractivity contribution in [1.82, 2.24) is 10.3 Å². The summed E-state index contributed by atoms with van der Waals surface area (Å²) in [4.78, 5) is 15.3. The first kappa shape index (κ1) is 13.2. The van der Waals surface area contributed by atoms with Crippen molar-refractivity contribution in [1.29, 1.82) is 0 Å². The van der Waals surface area contributed by atoms with Gasteiger partial charge in [0.05, 0.1) is 0 Å². The van der Waals surface area contributed by atoms with Crippen LogP contribution < -0.4 is 5.32 Å². The summed E-state index contributed by atoms with van der Waals surface area (Å²) in [6.07, 6.45) is 2.11. The van der Waals surface area contributed by atoms with Crippen molar-refractivity contribution in [3.8, 4) is 0 Å². The molecule has 3 nitrogen and oxygen atoms in total. The molecule has 20 heavy (non-hydrogen) atoms. The van der Waals surface area contributed by atoms with Crippen molar-refractivity contribution in [2.24, 2.45) is 5.92 Å². The fourth-order valence-electron chi connectivity index (χ4n) is 3.04. The molecule has 0 aliphatic heterocycles. The third kappa shape index (κ3) is 2.33. The van der Waals surface area contributed by atoms with Crippen molar-refractivity contribution < 1.29 is 4.79 Å². The molecule has 1 aromatic heterocycles. The minimum atomic E-state index is -0.0752. The van der Waals surface area contributed by atoms with E-state index < -0.39 is 0 Å². The van der Waals surface area contributed by atoms with Crippen LogP contribution in [0, 0.1) is 12.8 Å². The smallest absolute Gasteiger partial charge is 0.223 e. The van der Waals surface area contributed by atoms with Gasteiger partial charge in [0.15, 0.2) is 0 Å². The SMILES string of the molecule is Cc1[nH]c2ccccc2c1C(C)(C)CNC(=O)C1CC1. The largest absolute Gasteiger partial charge is 0.358 e. The maximum atomic E-state index is 11.9. The molecule has 2 aromatic rings. The third-order valence-corrected chi connectivity index (χ3v) is 4.22. The minimum absolute atomic E-state index is 0.0752. The normalized spacial score (nSPS) is 15.6. The molecule has 0 atom stereocenters. The number of carbonyl (C=O) groups excluding carboxylic acids is 1. The van der Waals surface area contributed by atoms with Crippen LogP contribution in [0.5, 0.6) is 0 Å². The van der Waals surface area contributed by atoms with Crippen LogP contribution in [0.2, 0.25) is 0 Å². The van der Waals surface area contributed by atoms with Crippen LogP contribution in [0.4, 0.5) is 0 Å². The fourth-order valence-corrected chi connectivity index (χ4v) is 3.04. The van der Waals surface area contributed by atoms with E-state index in [1.807, 2.05) is 6.07 Å². The Morgan fingerprint density at radius 2 is 2.05 bits per heavy atom. The highest BCUT2D eigenvalue weighted by molar-refractivity contribution is 5.86. The quantitative estimate of drug-likeness (QED) is 0.880. The molecule has 1 fully saturated rings. The Morgan fingerprint density at radius 1 is 1.35 bits per heavy atom. The van der Waals surface area contributed by atoms with E-state index >= 15 is 0 Å². The lowest BCUT2D eigenvalue weighted by molar-refractivity contribution is -0.122. The van der Waals surface area contributed by atoms with Crippen LogP contribution in [0.25, 0.3) is 10.9 Å². The number of benzene rings is 1. The Balaban J connectivity index is 1.87. The molecule has 2 N–H and O–H groups in total. The number of hydrogen-bond acceptors (Lipinski definition) is 1. The van der Waals surface area contributed by atoms with E-state index in [9.17, 15) is 4.79 Å². The first-order valence-corrected chi connectivity index (χ1v) is 7.34. The Hall–Kier alpha value is -1.77.